The zero-order valence-electron chi connectivity index (χ0n) is 10.7. The Kier molecular flexibility index (Phi) is 5.18. The first-order valence-electron chi connectivity index (χ1n) is 5.50. The molecule has 0 radical (unpaired) electrons. The van der Waals surface area contributed by atoms with Crippen LogP contribution in [0.25, 0.3) is 0 Å². The summed E-state index contributed by atoms with van der Waals surface area (Å²) in [5.74, 6) is -1.39. The summed E-state index contributed by atoms with van der Waals surface area (Å²) in [6.45, 7) is -0.351. The summed E-state index contributed by atoms with van der Waals surface area (Å²) >= 11 is 0. The second kappa shape index (κ2) is 6.31. The van der Waals surface area contributed by atoms with Crippen molar-refractivity contribution < 1.29 is 36.2 Å². The van der Waals surface area contributed by atoms with Crippen LogP contribution >= 0.6 is 0 Å². The Hall–Kier alpha value is -1.81. The van der Waals surface area contributed by atoms with Gasteiger partial charge in [0.1, 0.15) is 6.04 Å². The van der Waals surface area contributed by atoms with Crippen LogP contribution in [0.2, 0.25) is 0 Å². The first-order valence-corrected chi connectivity index (χ1v) is 6.98. The maximum atomic E-state index is 12.6. The van der Waals surface area contributed by atoms with Crippen molar-refractivity contribution in [2.45, 2.75) is 16.4 Å². The molecule has 2 N–H and O–H groups in total. The zero-order valence-corrected chi connectivity index (χ0v) is 11.5. The second-order valence-corrected chi connectivity index (χ2v) is 5.85. The van der Waals surface area contributed by atoms with Crippen LogP contribution in [-0.2, 0) is 19.4 Å². The molecule has 0 aliphatic heterocycles. The van der Waals surface area contributed by atoms with Gasteiger partial charge in [-0.1, -0.05) is 12.1 Å². The molecule has 6 nitrogen and oxygen atoms in total. The average Bonchev–Trinajstić information content (AvgIpc) is 2.37. The lowest BCUT2D eigenvalue weighted by atomic mass is 10.2. The van der Waals surface area contributed by atoms with Gasteiger partial charge in [-0.2, -0.15) is 13.2 Å². The third-order valence-electron chi connectivity index (χ3n) is 2.44. The van der Waals surface area contributed by atoms with Crippen LogP contribution in [0.4, 0.5) is 18.9 Å². The number of aliphatic carboxylic acids is 1. The highest BCUT2D eigenvalue weighted by Crippen LogP contribution is 2.34. The number of halogens is 3. The van der Waals surface area contributed by atoms with Crippen molar-refractivity contribution in [1.82, 2.24) is 0 Å². The van der Waals surface area contributed by atoms with E-state index in [2.05, 4.69) is 10.1 Å². The smallest absolute Gasteiger partial charge is 0.480 e. The van der Waals surface area contributed by atoms with Crippen molar-refractivity contribution >= 4 is 21.5 Å². The number of methoxy groups -OCH3 is 1. The molecule has 0 amide bonds. The molecule has 0 fully saturated rings. The van der Waals surface area contributed by atoms with Gasteiger partial charge in [0.2, 0.25) is 0 Å². The van der Waals surface area contributed by atoms with E-state index in [0.29, 0.717) is 0 Å². The molecule has 10 heteroatoms. The van der Waals surface area contributed by atoms with Gasteiger partial charge in [0.15, 0.2) is 0 Å². The number of anilines is 1. The Bertz CT molecular complexity index is 615. The Morgan fingerprint density at radius 3 is 2.43 bits per heavy atom. The summed E-state index contributed by atoms with van der Waals surface area (Å²) in [5, 5.41) is 11.1. The number of carbonyl (C=O) groups is 1. The SMILES string of the molecule is COCC(Nc1ccccc1S(=O)(=O)C(F)(F)F)C(=O)O. The van der Waals surface area contributed by atoms with Gasteiger partial charge in [0.05, 0.1) is 17.2 Å². The number of nitrogens with one attached hydrogen (secondary N) is 1. The molecular weight excluding hydrogens is 315 g/mol. The number of para-hydroxylation sites is 1. The summed E-state index contributed by atoms with van der Waals surface area (Å²) < 4.78 is 65.3. The minimum Gasteiger partial charge on any atom is -0.480 e. The topological polar surface area (TPSA) is 92.7 Å². The monoisotopic (exact) mass is 327 g/mol. The quantitative estimate of drug-likeness (QED) is 0.822. The van der Waals surface area contributed by atoms with Crippen LogP contribution in [0.5, 0.6) is 0 Å². The Labute approximate surface area is 118 Å². The highest BCUT2D eigenvalue weighted by molar-refractivity contribution is 7.92. The largest absolute Gasteiger partial charge is 0.501 e. The Morgan fingerprint density at radius 1 is 1.38 bits per heavy atom. The molecule has 0 spiro atoms. The molecule has 1 unspecified atom stereocenters. The van der Waals surface area contributed by atoms with Crippen LogP contribution in [0.1, 0.15) is 0 Å². The maximum Gasteiger partial charge on any atom is 0.501 e. The number of carboxylic acid groups (broad SMARTS) is 1. The fourth-order valence-corrected chi connectivity index (χ4v) is 2.40. The number of rotatable bonds is 6. The molecule has 0 heterocycles. The van der Waals surface area contributed by atoms with Crippen LogP contribution in [-0.4, -0.2) is 44.8 Å². The summed E-state index contributed by atoms with van der Waals surface area (Å²) in [6.07, 6.45) is 0. The first-order chi connectivity index (χ1) is 9.61. The van der Waals surface area contributed by atoms with E-state index in [9.17, 15) is 26.4 Å². The summed E-state index contributed by atoms with van der Waals surface area (Å²) in [6, 6.07) is 2.79. The van der Waals surface area contributed by atoms with Gasteiger partial charge < -0.3 is 15.2 Å². The van der Waals surface area contributed by atoms with Gasteiger partial charge in [0.25, 0.3) is 9.84 Å². The summed E-state index contributed by atoms with van der Waals surface area (Å²) in [7, 11) is -4.39. The highest BCUT2D eigenvalue weighted by Gasteiger charge is 2.48. The molecule has 0 saturated carbocycles. The molecule has 1 rings (SSSR count). The van der Waals surface area contributed by atoms with Crippen molar-refractivity contribution in [2.24, 2.45) is 0 Å². The number of alkyl halides is 3. The minimum absolute atomic E-state index is 0.351. The highest BCUT2D eigenvalue weighted by atomic mass is 32.2. The third kappa shape index (κ3) is 3.85. The van der Waals surface area contributed by atoms with Gasteiger partial charge in [-0.3, -0.25) is 0 Å². The van der Waals surface area contributed by atoms with E-state index in [1.165, 1.54) is 13.2 Å². The molecule has 0 saturated heterocycles. The molecule has 0 aliphatic carbocycles. The Morgan fingerprint density at radius 2 is 1.95 bits per heavy atom. The normalized spacial score (nSPS) is 13.7. The number of benzene rings is 1. The molecule has 21 heavy (non-hydrogen) atoms. The maximum absolute atomic E-state index is 12.6. The summed E-state index contributed by atoms with van der Waals surface area (Å²) in [4.78, 5) is 9.90. The lowest BCUT2D eigenvalue weighted by Crippen LogP contribution is -2.34. The van der Waals surface area contributed by atoms with E-state index >= 15 is 0 Å². The fourth-order valence-electron chi connectivity index (χ4n) is 1.47. The first kappa shape index (κ1) is 17.2. The van der Waals surface area contributed by atoms with Crippen LogP contribution in [0.3, 0.4) is 0 Å². The van der Waals surface area contributed by atoms with Crippen molar-refractivity contribution in [3.05, 3.63) is 24.3 Å². The van der Waals surface area contributed by atoms with Gasteiger partial charge in [-0.15, -0.1) is 0 Å². The predicted octanol–water partition coefficient (Wildman–Crippen LogP) is 1.49. The molecule has 1 aromatic carbocycles. The molecule has 0 aromatic heterocycles. The zero-order chi connectivity index (χ0) is 16.3. The number of ether oxygens (including phenoxy) is 1. The molecular formula is C11H12F3NO5S. The van der Waals surface area contributed by atoms with Crippen molar-refractivity contribution in [2.75, 3.05) is 19.0 Å². The predicted molar refractivity (Wildman–Crippen MR) is 66.6 cm³/mol. The van der Waals surface area contributed by atoms with Gasteiger partial charge in [0, 0.05) is 7.11 Å². The van der Waals surface area contributed by atoms with Crippen LogP contribution < -0.4 is 5.32 Å². The number of carboxylic acids is 1. The van der Waals surface area contributed by atoms with E-state index in [4.69, 9.17) is 5.11 Å². The van der Waals surface area contributed by atoms with Crippen LogP contribution in [0.15, 0.2) is 29.2 Å². The minimum atomic E-state index is -5.59. The van der Waals surface area contributed by atoms with Crippen molar-refractivity contribution in [1.29, 1.82) is 0 Å². The lowest BCUT2D eigenvalue weighted by Gasteiger charge is -2.18. The molecule has 0 aliphatic rings. The standard InChI is InChI=1S/C11H12F3NO5S/c1-20-6-8(10(16)17)15-7-4-2-3-5-9(7)21(18,19)11(12,13)14/h2-5,8,15H,6H2,1H3,(H,16,17). The van der Waals surface area contributed by atoms with Crippen LogP contribution in [0, 0.1) is 0 Å². The van der Waals surface area contributed by atoms with E-state index < -0.39 is 37.9 Å². The van der Waals surface area contributed by atoms with E-state index in [0.717, 1.165) is 18.2 Å². The van der Waals surface area contributed by atoms with E-state index in [-0.39, 0.29) is 6.61 Å². The van der Waals surface area contributed by atoms with E-state index in [1.807, 2.05) is 0 Å². The van der Waals surface area contributed by atoms with Gasteiger partial charge in [-0.25, -0.2) is 13.2 Å². The van der Waals surface area contributed by atoms with Gasteiger partial charge in [-0.05, 0) is 12.1 Å². The molecule has 118 valence electrons. The second-order valence-electron chi connectivity index (χ2n) is 3.94. The fraction of sp³-hybridized carbons (Fsp3) is 0.364. The molecule has 1 atom stereocenters. The number of sulfone groups is 1. The number of hydrogen-bond acceptors (Lipinski definition) is 5. The Balaban J connectivity index is 3.25. The average molecular weight is 327 g/mol. The van der Waals surface area contributed by atoms with Gasteiger partial charge >= 0.3 is 11.5 Å². The van der Waals surface area contributed by atoms with Crippen molar-refractivity contribution in [3.63, 3.8) is 0 Å². The van der Waals surface area contributed by atoms with E-state index in [1.54, 1.807) is 0 Å². The van der Waals surface area contributed by atoms with Crippen molar-refractivity contribution in [3.8, 4) is 0 Å². The number of hydrogen-bond donors (Lipinski definition) is 2. The lowest BCUT2D eigenvalue weighted by molar-refractivity contribution is -0.139. The molecule has 0 bridgehead atoms. The summed E-state index contributed by atoms with van der Waals surface area (Å²) in [5.41, 5.74) is -5.94. The molecule has 1 aromatic rings. The third-order valence-corrected chi connectivity index (χ3v) is 3.99.